The van der Waals surface area contributed by atoms with Gasteiger partial charge in [0.05, 0.1) is 5.69 Å². The Labute approximate surface area is 158 Å². The third-order valence-electron chi connectivity index (χ3n) is 4.62. The number of likely N-dealkylation sites (tertiary alicyclic amines) is 1. The summed E-state index contributed by atoms with van der Waals surface area (Å²) in [6.07, 6.45) is 1.74. The van der Waals surface area contributed by atoms with Crippen LogP contribution in [0.5, 0.6) is 0 Å². The molecule has 1 saturated heterocycles. The van der Waals surface area contributed by atoms with Crippen molar-refractivity contribution in [2.24, 2.45) is 0 Å². The number of anilines is 1. The Hall–Kier alpha value is -3.13. The second kappa shape index (κ2) is 6.55. The van der Waals surface area contributed by atoms with Crippen molar-refractivity contribution in [2.45, 2.75) is 12.3 Å². The number of carbonyl (C=O) groups is 2. The summed E-state index contributed by atoms with van der Waals surface area (Å²) in [6.45, 7) is 0.498. The molecule has 2 aromatic heterocycles. The van der Waals surface area contributed by atoms with E-state index in [1.54, 1.807) is 36.2 Å². The van der Waals surface area contributed by atoms with Gasteiger partial charge in [-0.3, -0.25) is 19.5 Å². The predicted molar refractivity (Wildman–Crippen MR) is 100 cm³/mol. The number of carbonyl (C=O) groups excluding carboxylic acids is 2. The Morgan fingerprint density at radius 2 is 2.04 bits per heavy atom. The molecule has 9 heteroatoms. The zero-order valence-corrected chi connectivity index (χ0v) is 15.2. The van der Waals surface area contributed by atoms with E-state index in [1.807, 2.05) is 0 Å². The van der Waals surface area contributed by atoms with Gasteiger partial charge in [-0.05, 0) is 24.3 Å². The lowest BCUT2D eigenvalue weighted by molar-refractivity contribution is -0.126. The Morgan fingerprint density at radius 1 is 1.30 bits per heavy atom. The zero-order valence-electron chi connectivity index (χ0n) is 14.4. The Morgan fingerprint density at radius 3 is 2.70 bits per heavy atom. The highest BCUT2D eigenvalue weighted by Crippen LogP contribution is 2.25. The maximum Gasteiger partial charge on any atom is 0.272 e. The molecule has 0 spiro atoms. The maximum atomic E-state index is 12.6. The average Bonchev–Trinajstić information content (AvgIpc) is 3.21. The van der Waals surface area contributed by atoms with Crippen molar-refractivity contribution in [3.05, 3.63) is 63.2 Å². The molecule has 4 rings (SSSR count). The van der Waals surface area contributed by atoms with Crippen LogP contribution < -0.4 is 10.9 Å². The molecule has 8 nitrogen and oxygen atoms in total. The van der Waals surface area contributed by atoms with Crippen LogP contribution in [0.4, 0.5) is 5.69 Å². The van der Waals surface area contributed by atoms with Gasteiger partial charge in [0.1, 0.15) is 5.56 Å². The topological polar surface area (TPSA) is 99.6 Å². The van der Waals surface area contributed by atoms with Gasteiger partial charge in [0.15, 0.2) is 5.65 Å². The number of amides is 2. The van der Waals surface area contributed by atoms with Crippen LogP contribution in [0.2, 0.25) is 5.02 Å². The molecule has 0 aliphatic carbocycles. The van der Waals surface area contributed by atoms with E-state index in [9.17, 15) is 14.4 Å². The van der Waals surface area contributed by atoms with Gasteiger partial charge in [0.2, 0.25) is 5.91 Å². The quantitative estimate of drug-likeness (QED) is 0.718. The molecule has 1 aromatic carbocycles. The van der Waals surface area contributed by atoms with Gasteiger partial charge in [-0.25, -0.2) is 9.50 Å². The molecule has 0 unspecified atom stereocenters. The largest absolute Gasteiger partial charge is 0.345 e. The van der Waals surface area contributed by atoms with Gasteiger partial charge in [0.25, 0.3) is 11.5 Å². The third-order valence-corrected chi connectivity index (χ3v) is 4.88. The van der Waals surface area contributed by atoms with E-state index in [0.29, 0.717) is 29.4 Å². The number of H-pyrrole nitrogens is 1. The average molecular weight is 386 g/mol. The number of rotatable bonds is 3. The molecule has 2 amide bonds. The van der Waals surface area contributed by atoms with Crippen LogP contribution in [0.15, 0.2) is 41.3 Å². The normalized spacial score (nSPS) is 16.9. The smallest absolute Gasteiger partial charge is 0.272 e. The van der Waals surface area contributed by atoms with Crippen molar-refractivity contribution in [3.63, 3.8) is 0 Å². The van der Waals surface area contributed by atoms with Crippen LogP contribution in [0.25, 0.3) is 5.65 Å². The molecule has 2 N–H and O–H groups in total. The second-order valence-electron chi connectivity index (χ2n) is 6.50. The molecule has 1 fully saturated rings. The molecule has 27 heavy (non-hydrogen) atoms. The molecular weight excluding hydrogens is 370 g/mol. The first kappa shape index (κ1) is 17.3. The minimum atomic E-state index is -0.403. The number of hydrogen-bond donors (Lipinski definition) is 2. The third kappa shape index (κ3) is 3.19. The van der Waals surface area contributed by atoms with Gasteiger partial charge in [0, 0.05) is 48.9 Å². The summed E-state index contributed by atoms with van der Waals surface area (Å²) in [5, 5.41) is 6.06. The standard InChI is InChI=1S/C18H16ClN5O3/c1-23-9-10(6-15(23)25)14-7-16(26)24-17(22-14)13(8-20-24)18(27)21-12-4-2-11(19)3-5-12/h2-5,7-8,10,20H,6,9H2,1H3,(H,21,27)/t10-/m0/s1. The highest BCUT2D eigenvalue weighted by atomic mass is 35.5. The summed E-state index contributed by atoms with van der Waals surface area (Å²) in [4.78, 5) is 42.9. The van der Waals surface area contributed by atoms with E-state index in [2.05, 4.69) is 15.4 Å². The summed E-state index contributed by atoms with van der Waals surface area (Å²) in [5.41, 5.74) is 1.22. The first-order valence-corrected chi connectivity index (χ1v) is 8.72. The molecule has 3 aromatic rings. The molecule has 3 heterocycles. The minimum absolute atomic E-state index is 0.0109. The van der Waals surface area contributed by atoms with Crippen molar-refractivity contribution in [3.8, 4) is 0 Å². The van der Waals surface area contributed by atoms with Gasteiger partial charge >= 0.3 is 0 Å². The fourth-order valence-corrected chi connectivity index (χ4v) is 3.29. The lowest BCUT2D eigenvalue weighted by Crippen LogP contribution is -2.21. The van der Waals surface area contributed by atoms with Crippen LogP contribution in [-0.2, 0) is 4.79 Å². The molecule has 0 saturated carbocycles. The lowest BCUT2D eigenvalue weighted by atomic mass is 10.0. The van der Waals surface area contributed by atoms with Crippen LogP contribution in [0.1, 0.15) is 28.4 Å². The Kier molecular flexibility index (Phi) is 4.19. The number of hydrogen-bond acceptors (Lipinski definition) is 4. The van der Waals surface area contributed by atoms with E-state index >= 15 is 0 Å². The monoisotopic (exact) mass is 385 g/mol. The zero-order chi connectivity index (χ0) is 19.1. The van der Waals surface area contributed by atoms with Crippen molar-refractivity contribution in [1.82, 2.24) is 19.5 Å². The predicted octanol–water partition coefficient (Wildman–Crippen LogP) is 1.87. The summed E-state index contributed by atoms with van der Waals surface area (Å²) < 4.78 is 1.21. The summed E-state index contributed by atoms with van der Waals surface area (Å²) in [6, 6.07) is 8.10. The van der Waals surface area contributed by atoms with Crippen molar-refractivity contribution in [2.75, 3.05) is 18.9 Å². The molecule has 0 bridgehead atoms. The van der Waals surface area contributed by atoms with Crippen LogP contribution >= 0.6 is 11.6 Å². The SMILES string of the molecule is CN1C[C@@H](c2cc(=O)n3[nH]cc(C(=O)Nc4ccc(Cl)cc4)c3n2)CC1=O. The van der Waals surface area contributed by atoms with Crippen LogP contribution in [0.3, 0.4) is 0 Å². The summed E-state index contributed by atoms with van der Waals surface area (Å²) >= 11 is 5.85. The first-order chi connectivity index (χ1) is 12.9. The number of fused-ring (bicyclic) bond motifs is 1. The number of benzene rings is 1. The maximum absolute atomic E-state index is 12.6. The molecule has 0 radical (unpaired) electrons. The Bertz CT molecular complexity index is 1100. The fraction of sp³-hybridized carbons (Fsp3) is 0.222. The second-order valence-corrected chi connectivity index (χ2v) is 6.94. The van der Waals surface area contributed by atoms with Crippen LogP contribution in [0, 0.1) is 0 Å². The fourth-order valence-electron chi connectivity index (χ4n) is 3.17. The van der Waals surface area contributed by atoms with Crippen LogP contribution in [-0.4, -0.2) is 44.9 Å². The molecular formula is C18H16ClN5O3. The molecule has 1 aliphatic heterocycles. The number of aromatic amines is 1. The number of nitrogens with one attached hydrogen (secondary N) is 2. The van der Waals surface area contributed by atoms with Gasteiger partial charge in [-0.1, -0.05) is 11.6 Å². The van der Waals surface area contributed by atoms with Gasteiger partial charge in [-0.2, -0.15) is 0 Å². The minimum Gasteiger partial charge on any atom is -0.345 e. The molecule has 1 atom stereocenters. The highest BCUT2D eigenvalue weighted by Gasteiger charge is 2.30. The molecule has 1 aliphatic rings. The number of nitrogens with zero attached hydrogens (tertiary/aromatic N) is 3. The van der Waals surface area contributed by atoms with Gasteiger partial charge in [-0.15, -0.1) is 0 Å². The first-order valence-electron chi connectivity index (χ1n) is 8.34. The molecule has 138 valence electrons. The van der Waals surface area contributed by atoms with Crippen molar-refractivity contribution in [1.29, 1.82) is 0 Å². The number of aromatic nitrogens is 3. The van der Waals surface area contributed by atoms with Crippen molar-refractivity contribution >= 4 is 34.7 Å². The number of likely N-dealkylation sites (N-methyl/N-ethyl adjacent to an activating group) is 1. The van der Waals surface area contributed by atoms with E-state index in [4.69, 9.17) is 11.6 Å². The Balaban J connectivity index is 1.69. The number of halogens is 1. The lowest BCUT2D eigenvalue weighted by Gasteiger charge is -2.10. The van der Waals surface area contributed by atoms with Gasteiger partial charge < -0.3 is 10.2 Å². The van der Waals surface area contributed by atoms with E-state index in [1.165, 1.54) is 16.8 Å². The summed E-state index contributed by atoms with van der Waals surface area (Å²) in [5.74, 6) is -0.557. The van der Waals surface area contributed by atoms with E-state index in [-0.39, 0.29) is 28.6 Å². The van der Waals surface area contributed by atoms with E-state index in [0.717, 1.165) is 0 Å². The van der Waals surface area contributed by atoms with E-state index < -0.39 is 5.91 Å². The highest BCUT2D eigenvalue weighted by molar-refractivity contribution is 6.30. The summed E-state index contributed by atoms with van der Waals surface area (Å²) in [7, 11) is 1.72. The van der Waals surface area contributed by atoms with Crippen molar-refractivity contribution < 1.29 is 9.59 Å².